The maximum atomic E-state index is 14.4. The van der Waals surface area contributed by atoms with Crippen molar-refractivity contribution in [3.8, 4) is 0 Å². The monoisotopic (exact) mass is 431 g/mol. The van der Waals surface area contributed by atoms with Gasteiger partial charge in [-0.2, -0.15) is 4.98 Å². The molecule has 2 aromatic carbocycles. The van der Waals surface area contributed by atoms with E-state index in [4.69, 9.17) is 0 Å². The van der Waals surface area contributed by atoms with Crippen LogP contribution in [0.15, 0.2) is 52.4 Å². The minimum atomic E-state index is -0.957. The third-order valence-corrected chi connectivity index (χ3v) is 6.03. The number of halogens is 3. The van der Waals surface area contributed by atoms with Gasteiger partial charge in [0.25, 0.3) is 5.56 Å². The number of nitrogens with zero attached hydrogens (tertiary/aromatic N) is 2. The van der Waals surface area contributed by atoms with Crippen LogP contribution in [0.25, 0.3) is 0 Å². The molecule has 9 heteroatoms. The second-order valence-electron chi connectivity index (χ2n) is 6.87. The fraction of sp³-hybridized carbons (Fsp3) is 0.190. The minimum Gasteiger partial charge on any atom is -0.312 e. The van der Waals surface area contributed by atoms with Gasteiger partial charge in [-0.3, -0.25) is 9.59 Å². The molecule has 1 amide bonds. The van der Waals surface area contributed by atoms with Crippen LogP contribution in [0.2, 0.25) is 0 Å². The lowest BCUT2D eigenvalue weighted by Gasteiger charge is -2.27. The number of carbonyl (C=O) groups is 1. The molecule has 0 radical (unpaired) electrons. The summed E-state index contributed by atoms with van der Waals surface area (Å²) in [4.78, 5) is 29.2. The molecule has 0 bridgehead atoms. The van der Waals surface area contributed by atoms with E-state index in [2.05, 4.69) is 10.3 Å². The summed E-state index contributed by atoms with van der Waals surface area (Å²) in [7, 11) is 1.60. The van der Waals surface area contributed by atoms with Crippen LogP contribution in [0.1, 0.15) is 29.0 Å². The molecule has 0 spiro atoms. The highest BCUT2D eigenvalue weighted by atomic mass is 32.2. The minimum absolute atomic E-state index is 0.0724. The average molecular weight is 431 g/mol. The van der Waals surface area contributed by atoms with Crippen molar-refractivity contribution in [1.29, 1.82) is 0 Å². The predicted molar refractivity (Wildman–Crippen MR) is 107 cm³/mol. The number of thioether (sulfide) groups is 1. The lowest BCUT2D eigenvalue weighted by Crippen LogP contribution is -2.33. The average Bonchev–Trinajstić information content (AvgIpc) is 2.71. The largest absolute Gasteiger partial charge is 0.312 e. The van der Waals surface area contributed by atoms with Crippen molar-refractivity contribution >= 4 is 23.5 Å². The van der Waals surface area contributed by atoms with Gasteiger partial charge in [0.05, 0.1) is 5.56 Å². The first-order valence-electron chi connectivity index (χ1n) is 9.07. The summed E-state index contributed by atoms with van der Waals surface area (Å²) in [5.41, 5.74) is -0.181. The van der Waals surface area contributed by atoms with Gasteiger partial charge >= 0.3 is 0 Å². The van der Waals surface area contributed by atoms with Gasteiger partial charge in [-0.15, -0.1) is 0 Å². The number of hydrogen-bond donors (Lipinski definition) is 1. The molecule has 0 fully saturated rings. The van der Waals surface area contributed by atoms with Crippen LogP contribution in [0, 0.1) is 17.5 Å². The third-order valence-electron chi connectivity index (χ3n) is 4.95. The van der Waals surface area contributed by atoms with E-state index in [1.807, 2.05) is 0 Å². The SMILES string of the molecule is Cn1c(SCc2ccccc2F)nc(=O)c2c1NC(=O)CC2c1cc(F)ccc1F. The van der Waals surface area contributed by atoms with E-state index >= 15 is 0 Å². The molecular formula is C21H16F3N3O2S. The Labute approximate surface area is 174 Å². The van der Waals surface area contributed by atoms with Crippen molar-refractivity contribution in [3.63, 3.8) is 0 Å². The van der Waals surface area contributed by atoms with E-state index in [1.165, 1.54) is 10.6 Å². The number of carbonyl (C=O) groups excluding carboxylic acids is 1. The maximum absolute atomic E-state index is 14.4. The van der Waals surface area contributed by atoms with Crippen LogP contribution in [-0.4, -0.2) is 15.5 Å². The summed E-state index contributed by atoms with van der Waals surface area (Å²) < 4.78 is 43.5. The highest BCUT2D eigenvalue weighted by molar-refractivity contribution is 7.98. The normalized spacial score (nSPS) is 15.6. The topological polar surface area (TPSA) is 64.0 Å². The van der Waals surface area contributed by atoms with Crippen LogP contribution in [0.5, 0.6) is 0 Å². The van der Waals surface area contributed by atoms with Crippen molar-refractivity contribution in [3.05, 3.63) is 87.0 Å². The van der Waals surface area contributed by atoms with E-state index in [1.54, 1.807) is 25.2 Å². The number of benzene rings is 2. The first-order valence-corrected chi connectivity index (χ1v) is 10.1. The van der Waals surface area contributed by atoms with Gasteiger partial charge in [0, 0.05) is 25.1 Å². The Morgan fingerprint density at radius 2 is 1.90 bits per heavy atom. The summed E-state index contributed by atoms with van der Waals surface area (Å²) in [6.07, 6.45) is -0.202. The fourth-order valence-electron chi connectivity index (χ4n) is 3.47. The van der Waals surface area contributed by atoms with Gasteiger partial charge in [0.15, 0.2) is 5.16 Å². The van der Waals surface area contributed by atoms with Gasteiger partial charge in [0.2, 0.25) is 5.91 Å². The molecule has 0 aliphatic carbocycles. The molecule has 1 aromatic heterocycles. The number of fused-ring (bicyclic) bond motifs is 1. The molecule has 1 aliphatic heterocycles. The molecule has 1 N–H and O–H groups in total. The Bertz CT molecular complexity index is 1210. The molecular weight excluding hydrogens is 415 g/mol. The van der Waals surface area contributed by atoms with Crippen molar-refractivity contribution in [2.45, 2.75) is 23.2 Å². The number of rotatable bonds is 4. The number of nitrogens with one attached hydrogen (secondary N) is 1. The first kappa shape index (κ1) is 20.2. The van der Waals surface area contributed by atoms with Crippen molar-refractivity contribution in [2.75, 3.05) is 5.32 Å². The van der Waals surface area contributed by atoms with Gasteiger partial charge in [0.1, 0.15) is 23.3 Å². The summed E-state index contributed by atoms with van der Waals surface area (Å²) in [6, 6.07) is 9.18. The molecule has 30 heavy (non-hydrogen) atoms. The molecule has 1 aliphatic rings. The number of anilines is 1. The van der Waals surface area contributed by atoms with Crippen LogP contribution in [0.3, 0.4) is 0 Å². The van der Waals surface area contributed by atoms with E-state index < -0.39 is 29.0 Å². The highest BCUT2D eigenvalue weighted by Gasteiger charge is 2.33. The zero-order chi connectivity index (χ0) is 21.4. The molecule has 2 heterocycles. The smallest absolute Gasteiger partial charge is 0.279 e. The molecule has 5 nitrogen and oxygen atoms in total. The Balaban J connectivity index is 1.76. The fourth-order valence-corrected chi connectivity index (χ4v) is 4.42. The quantitative estimate of drug-likeness (QED) is 0.502. The zero-order valence-electron chi connectivity index (χ0n) is 15.8. The van der Waals surface area contributed by atoms with Crippen molar-refractivity contribution < 1.29 is 18.0 Å². The van der Waals surface area contributed by atoms with Gasteiger partial charge in [-0.25, -0.2) is 13.2 Å². The van der Waals surface area contributed by atoms with E-state index in [9.17, 15) is 22.8 Å². The Morgan fingerprint density at radius 3 is 2.67 bits per heavy atom. The molecule has 1 atom stereocenters. The summed E-state index contributed by atoms with van der Waals surface area (Å²) >= 11 is 1.13. The van der Waals surface area contributed by atoms with Crippen molar-refractivity contribution in [2.24, 2.45) is 7.05 Å². The zero-order valence-corrected chi connectivity index (χ0v) is 16.6. The van der Waals surface area contributed by atoms with Gasteiger partial charge in [-0.1, -0.05) is 30.0 Å². The van der Waals surface area contributed by atoms with Crippen LogP contribution in [0.4, 0.5) is 19.0 Å². The van der Waals surface area contributed by atoms with Gasteiger partial charge < -0.3 is 9.88 Å². The van der Waals surface area contributed by atoms with E-state index in [0.29, 0.717) is 5.56 Å². The first-order chi connectivity index (χ1) is 14.3. The molecule has 3 aromatic rings. The number of aromatic nitrogens is 2. The number of hydrogen-bond acceptors (Lipinski definition) is 4. The summed E-state index contributed by atoms with van der Waals surface area (Å²) in [6.45, 7) is 0. The molecule has 0 saturated heterocycles. The third kappa shape index (κ3) is 3.72. The molecule has 1 unspecified atom stereocenters. The number of amides is 1. The molecule has 4 rings (SSSR count). The predicted octanol–water partition coefficient (Wildman–Crippen LogP) is 3.96. The van der Waals surface area contributed by atoms with E-state index in [-0.39, 0.29) is 40.1 Å². The van der Waals surface area contributed by atoms with E-state index in [0.717, 1.165) is 30.0 Å². The Kier molecular flexibility index (Phi) is 5.38. The summed E-state index contributed by atoms with van der Waals surface area (Å²) in [5.74, 6) is -2.73. The van der Waals surface area contributed by atoms with Crippen LogP contribution >= 0.6 is 11.8 Å². The Hall–Kier alpha value is -3.07. The van der Waals surface area contributed by atoms with Crippen molar-refractivity contribution in [1.82, 2.24) is 9.55 Å². The lowest BCUT2D eigenvalue weighted by molar-refractivity contribution is -0.116. The second kappa shape index (κ2) is 7.98. The Morgan fingerprint density at radius 1 is 1.13 bits per heavy atom. The van der Waals surface area contributed by atoms with Crippen LogP contribution < -0.4 is 10.9 Å². The molecule has 154 valence electrons. The standard InChI is InChI=1S/C21H16F3N3O2S/c1-27-19-18(14(9-17(28)25-19)13-8-12(22)6-7-16(13)24)20(29)26-21(27)30-10-11-4-2-3-5-15(11)23/h2-8,14H,9-10H2,1H3,(H,25,28). The van der Waals surface area contributed by atoms with Crippen LogP contribution in [-0.2, 0) is 17.6 Å². The second-order valence-corrected chi connectivity index (χ2v) is 7.81. The molecule has 0 saturated carbocycles. The maximum Gasteiger partial charge on any atom is 0.279 e. The van der Waals surface area contributed by atoms with Gasteiger partial charge in [-0.05, 0) is 35.4 Å². The highest BCUT2D eigenvalue weighted by Crippen LogP contribution is 2.37. The summed E-state index contributed by atoms with van der Waals surface area (Å²) in [5, 5.41) is 2.90. The lowest BCUT2D eigenvalue weighted by atomic mass is 9.86.